The number of furan rings is 1. The predicted octanol–water partition coefficient (Wildman–Crippen LogP) is 4.01. The Morgan fingerprint density at radius 1 is 1.11 bits per heavy atom. The van der Waals surface area contributed by atoms with Crippen molar-refractivity contribution >= 4 is 17.3 Å². The lowest BCUT2D eigenvalue weighted by Gasteiger charge is -2.18. The van der Waals surface area contributed by atoms with E-state index in [4.69, 9.17) is 10.2 Å². The van der Waals surface area contributed by atoms with Gasteiger partial charge in [-0.25, -0.2) is 8.78 Å². The van der Waals surface area contributed by atoms with Gasteiger partial charge in [-0.15, -0.1) is 0 Å². The second kappa shape index (κ2) is 7.44. The average molecular weight is 383 g/mol. The number of halogens is 2. The fourth-order valence-corrected chi connectivity index (χ4v) is 3.26. The lowest BCUT2D eigenvalue weighted by atomic mass is 10.1. The van der Waals surface area contributed by atoms with Crippen LogP contribution in [0.1, 0.15) is 17.0 Å². The van der Waals surface area contributed by atoms with Gasteiger partial charge in [0.25, 0.3) is 5.91 Å². The number of hydrogen-bond donors (Lipinski definition) is 2. The van der Waals surface area contributed by atoms with Crippen LogP contribution in [0.5, 0.6) is 0 Å². The standard InChI is InChI=1S/C21H19F2N3O2/c22-13-1-6-17(18(23)11-13)19-7-8-20(28-19)21(27)25-15-2-4-16(5-3-15)26-10-9-14(24)12-26/h1-8,11,14H,9-10,12,24H2,(H,25,27). The van der Waals surface area contributed by atoms with E-state index < -0.39 is 17.5 Å². The fourth-order valence-electron chi connectivity index (χ4n) is 3.26. The molecule has 144 valence electrons. The average Bonchev–Trinajstić information content (AvgIpc) is 3.32. The second-order valence-electron chi connectivity index (χ2n) is 6.78. The van der Waals surface area contributed by atoms with E-state index in [2.05, 4.69) is 10.2 Å². The van der Waals surface area contributed by atoms with Gasteiger partial charge >= 0.3 is 0 Å². The summed E-state index contributed by atoms with van der Waals surface area (Å²) in [4.78, 5) is 14.6. The number of anilines is 2. The van der Waals surface area contributed by atoms with Crippen molar-refractivity contribution in [1.82, 2.24) is 0 Å². The number of nitrogens with two attached hydrogens (primary N) is 1. The van der Waals surface area contributed by atoms with Crippen LogP contribution in [-0.2, 0) is 0 Å². The quantitative estimate of drug-likeness (QED) is 0.714. The first-order chi connectivity index (χ1) is 13.5. The molecule has 3 aromatic rings. The molecule has 28 heavy (non-hydrogen) atoms. The van der Waals surface area contributed by atoms with Crippen LogP contribution in [0.25, 0.3) is 11.3 Å². The summed E-state index contributed by atoms with van der Waals surface area (Å²) in [5.74, 6) is -1.69. The highest BCUT2D eigenvalue weighted by Crippen LogP contribution is 2.26. The molecule has 1 unspecified atom stereocenters. The molecule has 0 aliphatic carbocycles. The van der Waals surface area contributed by atoms with Crippen LogP contribution in [-0.4, -0.2) is 25.0 Å². The van der Waals surface area contributed by atoms with Gasteiger partial charge in [0.15, 0.2) is 5.76 Å². The van der Waals surface area contributed by atoms with E-state index in [1.807, 2.05) is 12.1 Å². The number of carbonyl (C=O) groups excluding carboxylic acids is 1. The maximum atomic E-state index is 13.9. The molecule has 3 N–H and O–H groups in total. The number of benzene rings is 2. The molecule has 0 spiro atoms. The summed E-state index contributed by atoms with van der Waals surface area (Å²) in [5.41, 5.74) is 7.69. The summed E-state index contributed by atoms with van der Waals surface area (Å²) in [6, 6.07) is 13.8. The normalized spacial score (nSPS) is 16.4. The SMILES string of the molecule is NC1CCN(c2ccc(NC(=O)c3ccc(-c4ccc(F)cc4F)o3)cc2)C1. The van der Waals surface area contributed by atoms with Crippen molar-refractivity contribution in [3.05, 3.63) is 72.0 Å². The summed E-state index contributed by atoms with van der Waals surface area (Å²) in [7, 11) is 0. The van der Waals surface area contributed by atoms with Gasteiger partial charge in [-0.2, -0.15) is 0 Å². The van der Waals surface area contributed by atoms with Crippen molar-refractivity contribution in [3.8, 4) is 11.3 Å². The zero-order valence-corrected chi connectivity index (χ0v) is 15.0. The first-order valence-corrected chi connectivity index (χ1v) is 8.97. The zero-order valence-electron chi connectivity index (χ0n) is 15.0. The molecule has 1 aliphatic heterocycles. The van der Waals surface area contributed by atoms with E-state index in [1.54, 1.807) is 12.1 Å². The Balaban J connectivity index is 1.45. The number of hydrogen-bond acceptors (Lipinski definition) is 4. The third-order valence-electron chi connectivity index (χ3n) is 4.74. The Bertz CT molecular complexity index is 1000. The summed E-state index contributed by atoms with van der Waals surface area (Å²) < 4.78 is 32.4. The first-order valence-electron chi connectivity index (χ1n) is 8.97. The molecule has 7 heteroatoms. The van der Waals surface area contributed by atoms with E-state index in [1.165, 1.54) is 18.2 Å². The van der Waals surface area contributed by atoms with Crippen LogP contribution >= 0.6 is 0 Å². The van der Waals surface area contributed by atoms with Crippen molar-refractivity contribution < 1.29 is 18.0 Å². The molecule has 0 saturated carbocycles. The maximum absolute atomic E-state index is 13.9. The fraction of sp³-hybridized carbons (Fsp3) is 0.190. The summed E-state index contributed by atoms with van der Waals surface area (Å²) in [5, 5.41) is 2.74. The molecule has 1 amide bonds. The Kier molecular flexibility index (Phi) is 4.83. The number of amides is 1. The van der Waals surface area contributed by atoms with E-state index in [9.17, 15) is 13.6 Å². The van der Waals surface area contributed by atoms with Gasteiger partial charge in [-0.3, -0.25) is 4.79 Å². The predicted molar refractivity (Wildman–Crippen MR) is 103 cm³/mol. The molecule has 4 rings (SSSR count). The van der Waals surface area contributed by atoms with Crippen molar-refractivity contribution in [3.63, 3.8) is 0 Å². The lowest BCUT2D eigenvalue weighted by Crippen LogP contribution is -2.26. The van der Waals surface area contributed by atoms with Crippen LogP contribution in [0, 0.1) is 11.6 Å². The number of carbonyl (C=O) groups is 1. The van der Waals surface area contributed by atoms with Crippen molar-refractivity contribution in [2.24, 2.45) is 5.73 Å². The van der Waals surface area contributed by atoms with Crippen LogP contribution in [0.3, 0.4) is 0 Å². The third kappa shape index (κ3) is 3.75. The van der Waals surface area contributed by atoms with Gasteiger partial charge in [0.2, 0.25) is 0 Å². The highest BCUT2D eigenvalue weighted by atomic mass is 19.1. The Morgan fingerprint density at radius 3 is 2.57 bits per heavy atom. The molecule has 1 atom stereocenters. The minimum absolute atomic E-state index is 0.0355. The van der Waals surface area contributed by atoms with E-state index in [0.717, 1.165) is 37.3 Å². The van der Waals surface area contributed by atoms with Gasteiger partial charge < -0.3 is 20.4 Å². The number of rotatable bonds is 4. The summed E-state index contributed by atoms with van der Waals surface area (Å²) in [6.07, 6.45) is 0.966. The van der Waals surface area contributed by atoms with Gasteiger partial charge in [-0.1, -0.05) is 0 Å². The molecule has 1 fully saturated rings. The van der Waals surface area contributed by atoms with E-state index >= 15 is 0 Å². The van der Waals surface area contributed by atoms with Crippen LogP contribution < -0.4 is 16.0 Å². The highest BCUT2D eigenvalue weighted by Gasteiger charge is 2.19. The molecular weight excluding hydrogens is 364 g/mol. The van der Waals surface area contributed by atoms with E-state index in [-0.39, 0.29) is 23.1 Å². The smallest absolute Gasteiger partial charge is 0.291 e. The van der Waals surface area contributed by atoms with Gasteiger partial charge in [0, 0.05) is 36.6 Å². The minimum Gasteiger partial charge on any atom is -0.451 e. The molecule has 5 nitrogen and oxygen atoms in total. The van der Waals surface area contributed by atoms with Crippen LogP contribution in [0.2, 0.25) is 0 Å². The highest BCUT2D eigenvalue weighted by molar-refractivity contribution is 6.02. The van der Waals surface area contributed by atoms with Crippen LogP contribution in [0.4, 0.5) is 20.2 Å². The Morgan fingerprint density at radius 2 is 1.89 bits per heavy atom. The lowest BCUT2D eigenvalue weighted by molar-refractivity contribution is 0.0997. The first kappa shape index (κ1) is 18.2. The molecule has 2 aromatic carbocycles. The minimum atomic E-state index is -0.751. The molecule has 1 aliphatic rings. The van der Waals surface area contributed by atoms with Crippen molar-refractivity contribution in [2.45, 2.75) is 12.5 Å². The molecule has 0 radical (unpaired) electrons. The Labute approximate surface area is 160 Å². The molecule has 0 bridgehead atoms. The van der Waals surface area contributed by atoms with Gasteiger partial charge in [0.1, 0.15) is 17.4 Å². The topological polar surface area (TPSA) is 71.5 Å². The molecule has 1 aromatic heterocycles. The largest absolute Gasteiger partial charge is 0.451 e. The van der Waals surface area contributed by atoms with Crippen LogP contribution in [0.15, 0.2) is 59.0 Å². The Hall–Kier alpha value is -3.19. The molecule has 2 heterocycles. The van der Waals surface area contributed by atoms with E-state index in [0.29, 0.717) is 5.69 Å². The third-order valence-corrected chi connectivity index (χ3v) is 4.74. The molecule has 1 saturated heterocycles. The van der Waals surface area contributed by atoms with Gasteiger partial charge in [0.05, 0.1) is 5.56 Å². The van der Waals surface area contributed by atoms with Crippen molar-refractivity contribution in [2.75, 3.05) is 23.3 Å². The number of nitrogens with one attached hydrogen (secondary N) is 1. The molecular formula is C21H19F2N3O2. The monoisotopic (exact) mass is 383 g/mol. The second-order valence-corrected chi connectivity index (χ2v) is 6.78. The summed E-state index contributed by atoms with van der Waals surface area (Å²) in [6.45, 7) is 1.74. The van der Waals surface area contributed by atoms with Gasteiger partial charge in [-0.05, 0) is 55.0 Å². The zero-order chi connectivity index (χ0) is 19.7. The van der Waals surface area contributed by atoms with Crippen molar-refractivity contribution in [1.29, 1.82) is 0 Å². The maximum Gasteiger partial charge on any atom is 0.291 e. The number of nitrogens with zero attached hydrogens (tertiary/aromatic N) is 1. The summed E-state index contributed by atoms with van der Waals surface area (Å²) >= 11 is 0.